The minimum absolute atomic E-state index is 0.651. The summed E-state index contributed by atoms with van der Waals surface area (Å²) in [5.74, 6) is 3.58. The second-order valence-electron chi connectivity index (χ2n) is 4.19. The van der Waals surface area contributed by atoms with Crippen molar-refractivity contribution in [3.63, 3.8) is 0 Å². The second-order valence-corrected chi connectivity index (χ2v) is 5.34. The van der Waals surface area contributed by atoms with E-state index in [0.29, 0.717) is 12.6 Å². The first-order valence-electron chi connectivity index (χ1n) is 5.77. The van der Waals surface area contributed by atoms with Gasteiger partial charge in [-0.2, -0.15) is 11.8 Å². The first-order valence-corrected chi connectivity index (χ1v) is 6.92. The molecule has 0 aliphatic carbocycles. The molecule has 2 heterocycles. The van der Waals surface area contributed by atoms with E-state index in [0.717, 1.165) is 12.2 Å². The van der Waals surface area contributed by atoms with E-state index in [4.69, 9.17) is 5.73 Å². The Kier molecular flexibility index (Phi) is 4.07. The Labute approximate surface area is 101 Å². The zero-order chi connectivity index (χ0) is 11.4. The molecule has 4 heteroatoms. The molecule has 1 saturated heterocycles. The van der Waals surface area contributed by atoms with Crippen molar-refractivity contribution in [2.45, 2.75) is 18.9 Å². The summed E-state index contributed by atoms with van der Waals surface area (Å²) in [7, 11) is 2.14. The molecular weight excluding hydrogens is 218 g/mol. The van der Waals surface area contributed by atoms with Crippen molar-refractivity contribution in [3.8, 4) is 0 Å². The lowest BCUT2D eigenvalue weighted by Crippen LogP contribution is -2.31. The van der Waals surface area contributed by atoms with Crippen molar-refractivity contribution in [3.05, 3.63) is 23.9 Å². The molecule has 0 saturated carbocycles. The first kappa shape index (κ1) is 11.7. The minimum atomic E-state index is 0.651. The zero-order valence-electron chi connectivity index (χ0n) is 9.72. The molecule has 3 nitrogen and oxygen atoms in total. The van der Waals surface area contributed by atoms with E-state index in [1.165, 1.54) is 23.5 Å². The van der Waals surface area contributed by atoms with Gasteiger partial charge in [0.2, 0.25) is 0 Å². The van der Waals surface area contributed by atoms with Gasteiger partial charge in [-0.05, 0) is 36.8 Å². The van der Waals surface area contributed by atoms with Gasteiger partial charge in [0.15, 0.2) is 0 Å². The number of thioether (sulfide) groups is 1. The summed E-state index contributed by atoms with van der Waals surface area (Å²) >= 11 is 2.03. The van der Waals surface area contributed by atoms with Crippen LogP contribution in [0.1, 0.15) is 12.0 Å². The maximum Gasteiger partial charge on any atom is 0.128 e. The quantitative estimate of drug-likeness (QED) is 0.862. The van der Waals surface area contributed by atoms with E-state index in [1.54, 1.807) is 0 Å². The number of nitrogens with two attached hydrogens (primary N) is 1. The summed E-state index contributed by atoms with van der Waals surface area (Å²) in [6.45, 7) is 0.691. The molecule has 88 valence electrons. The Bertz CT molecular complexity index is 320. The van der Waals surface area contributed by atoms with Crippen LogP contribution in [0.3, 0.4) is 0 Å². The van der Waals surface area contributed by atoms with Gasteiger partial charge < -0.3 is 10.6 Å². The van der Waals surface area contributed by atoms with Crippen LogP contribution in [0.2, 0.25) is 0 Å². The molecule has 2 rings (SSSR count). The van der Waals surface area contributed by atoms with E-state index in [-0.39, 0.29) is 0 Å². The SMILES string of the molecule is CN(c1ccc(CCN)cn1)C1CCSC1. The highest BCUT2D eigenvalue weighted by molar-refractivity contribution is 7.99. The highest BCUT2D eigenvalue weighted by Gasteiger charge is 2.20. The van der Waals surface area contributed by atoms with Crippen molar-refractivity contribution in [1.29, 1.82) is 0 Å². The van der Waals surface area contributed by atoms with Crippen LogP contribution in [0.15, 0.2) is 18.3 Å². The fraction of sp³-hybridized carbons (Fsp3) is 0.583. The van der Waals surface area contributed by atoms with Gasteiger partial charge in [-0.15, -0.1) is 0 Å². The third kappa shape index (κ3) is 2.68. The van der Waals surface area contributed by atoms with Crippen LogP contribution in [0.4, 0.5) is 5.82 Å². The average Bonchev–Trinajstić information content (AvgIpc) is 2.83. The standard InChI is InChI=1S/C12H19N3S/c1-15(11-5-7-16-9-11)12-3-2-10(4-6-13)8-14-12/h2-3,8,11H,4-7,9,13H2,1H3. The molecule has 1 aliphatic heterocycles. The predicted molar refractivity (Wildman–Crippen MR) is 71.1 cm³/mol. The van der Waals surface area contributed by atoms with Gasteiger partial charge in [-0.25, -0.2) is 4.98 Å². The first-order chi connectivity index (χ1) is 7.81. The zero-order valence-corrected chi connectivity index (χ0v) is 10.5. The van der Waals surface area contributed by atoms with E-state index < -0.39 is 0 Å². The molecule has 0 spiro atoms. The van der Waals surface area contributed by atoms with Crippen LogP contribution < -0.4 is 10.6 Å². The maximum absolute atomic E-state index is 5.52. The Morgan fingerprint density at radius 1 is 1.56 bits per heavy atom. The van der Waals surface area contributed by atoms with Gasteiger partial charge in [-0.3, -0.25) is 0 Å². The largest absolute Gasteiger partial charge is 0.356 e. The molecule has 0 bridgehead atoms. The highest BCUT2D eigenvalue weighted by atomic mass is 32.2. The number of hydrogen-bond acceptors (Lipinski definition) is 4. The van der Waals surface area contributed by atoms with Gasteiger partial charge in [-0.1, -0.05) is 6.07 Å². The summed E-state index contributed by atoms with van der Waals surface area (Å²) in [6, 6.07) is 4.89. The number of aromatic nitrogens is 1. The Hall–Kier alpha value is -0.740. The third-order valence-electron chi connectivity index (χ3n) is 3.06. The van der Waals surface area contributed by atoms with Crippen LogP contribution in [0, 0.1) is 0 Å². The van der Waals surface area contributed by atoms with Crippen molar-refractivity contribution in [1.82, 2.24) is 4.98 Å². The lowest BCUT2D eigenvalue weighted by atomic mass is 10.2. The molecule has 1 unspecified atom stereocenters. The molecule has 1 fully saturated rings. The summed E-state index contributed by atoms with van der Waals surface area (Å²) in [4.78, 5) is 6.80. The molecule has 1 aromatic rings. The van der Waals surface area contributed by atoms with E-state index >= 15 is 0 Å². The molecular formula is C12H19N3S. The number of rotatable bonds is 4. The highest BCUT2D eigenvalue weighted by Crippen LogP contribution is 2.24. The smallest absolute Gasteiger partial charge is 0.128 e. The summed E-state index contributed by atoms with van der Waals surface area (Å²) in [5, 5.41) is 0. The Balaban J connectivity index is 2.02. The van der Waals surface area contributed by atoms with Gasteiger partial charge in [0, 0.05) is 25.0 Å². The van der Waals surface area contributed by atoms with Gasteiger partial charge >= 0.3 is 0 Å². The van der Waals surface area contributed by atoms with Crippen molar-refractivity contribution in [2.24, 2.45) is 5.73 Å². The van der Waals surface area contributed by atoms with Gasteiger partial charge in [0.25, 0.3) is 0 Å². The van der Waals surface area contributed by atoms with Gasteiger partial charge in [0.1, 0.15) is 5.82 Å². The molecule has 1 aliphatic rings. The van der Waals surface area contributed by atoms with Crippen LogP contribution >= 0.6 is 11.8 Å². The number of hydrogen-bond donors (Lipinski definition) is 1. The minimum Gasteiger partial charge on any atom is -0.356 e. The topological polar surface area (TPSA) is 42.1 Å². The lowest BCUT2D eigenvalue weighted by molar-refractivity contribution is 0.691. The number of anilines is 1. The van der Waals surface area contributed by atoms with Crippen molar-refractivity contribution in [2.75, 3.05) is 30.0 Å². The fourth-order valence-corrected chi connectivity index (χ4v) is 3.22. The molecule has 0 aromatic carbocycles. The molecule has 16 heavy (non-hydrogen) atoms. The summed E-state index contributed by atoms with van der Waals surface area (Å²) in [5.41, 5.74) is 6.74. The lowest BCUT2D eigenvalue weighted by Gasteiger charge is -2.24. The van der Waals surface area contributed by atoms with Crippen LogP contribution in [0.5, 0.6) is 0 Å². The van der Waals surface area contributed by atoms with E-state index in [9.17, 15) is 0 Å². The van der Waals surface area contributed by atoms with Crippen LogP contribution in [-0.2, 0) is 6.42 Å². The van der Waals surface area contributed by atoms with E-state index in [2.05, 4.69) is 29.1 Å². The van der Waals surface area contributed by atoms with E-state index in [1.807, 2.05) is 18.0 Å². The molecule has 1 aromatic heterocycles. The fourth-order valence-electron chi connectivity index (χ4n) is 1.95. The third-order valence-corrected chi connectivity index (χ3v) is 4.20. The Morgan fingerprint density at radius 3 is 3.00 bits per heavy atom. The van der Waals surface area contributed by atoms with Crippen molar-refractivity contribution >= 4 is 17.6 Å². The Morgan fingerprint density at radius 2 is 2.44 bits per heavy atom. The maximum atomic E-state index is 5.52. The second kappa shape index (κ2) is 5.55. The predicted octanol–water partition coefficient (Wildman–Crippen LogP) is 1.52. The molecule has 1 atom stereocenters. The molecule has 0 amide bonds. The average molecular weight is 237 g/mol. The van der Waals surface area contributed by atoms with Crippen molar-refractivity contribution < 1.29 is 0 Å². The monoisotopic (exact) mass is 237 g/mol. The number of nitrogens with zero attached hydrogens (tertiary/aromatic N) is 2. The summed E-state index contributed by atoms with van der Waals surface area (Å²) in [6.07, 6.45) is 4.13. The van der Waals surface area contributed by atoms with Gasteiger partial charge in [0.05, 0.1) is 0 Å². The molecule has 0 radical (unpaired) electrons. The molecule has 2 N–H and O–H groups in total. The summed E-state index contributed by atoms with van der Waals surface area (Å²) < 4.78 is 0. The van der Waals surface area contributed by atoms with Crippen LogP contribution in [-0.4, -0.2) is 36.1 Å². The van der Waals surface area contributed by atoms with Crippen LogP contribution in [0.25, 0.3) is 0 Å². The normalized spacial score (nSPS) is 20.0. The number of pyridine rings is 1.